The van der Waals surface area contributed by atoms with Crippen molar-refractivity contribution in [1.29, 1.82) is 0 Å². The summed E-state index contributed by atoms with van der Waals surface area (Å²) in [6.45, 7) is 12.2. The molecule has 0 atom stereocenters. The fourth-order valence-electron chi connectivity index (χ4n) is 4.31. The molecule has 0 bridgehead atoms. The summed E-state index contributed by atoms with van der Waals surface area (Å²) in [5, 5.41) is 10.7. The molecule has 3 nitrogen and oxygen atoms in total. The summed E-state index contributed by atoms with van der Waals surface area (Å²) >= 11 is 0. The predicted octanol–water partition coefficient (Wildman–Crippen LogP) is 7.61. The van der Waals surface area contributed by atoms with E-state index in [1.54, 1.807) is 0 Å². The van der Waals surface area contributed by atoms with Gasteiger partial charge in [0.05, 0.1) is 13.2 Å². The van der Waals surface area contributed by atoms with Gasteiger partial charge >= 0.3 is 0 Å². The molecule has 0 amide bonds. The Bertz CT molecular complexity index is 798. The van der Waals surface area contributed by atoms with E-state index in [1.807, 2.05) is 12.1 Å². The first-order valence-corrected chi connectivity index (χ1v) is 12.8. The summed E-state index contributed by atoms with van der Waals surface area (Å²) in [4.78, 5) is 0. The van der Waals surface area contributed by atoms with E-state index in [1.165, 1.54) is 16.7 Å². The van der Waals surface area contributed by atoms with E-state index < -0.39 is 0 Å². The Hall–Kier alpha value is -2.16. The van der Waals surface area contributed by atoms with Crippen LogP contribution in [0.3, 0.4) is 0 Å². The highest BCUT2D eigenvalue weighted by Crippen LogP contribution is 2.33. The van der Waals surface area contributed by atoms with Crippen LogP contribution in [-0.4, -0.2) is 18.3 Å². The van der Waals surface area contributed by atoms with Crippen molar-refractivity contribution in [2.45, 2.75) is 98.8 Å². The van der Waals surface area contributed by atoms with Gasteiger partial charge in [-0.2, -0.15) is 0 Å². The van der Waals surface area contributed by atoms with Crippen molar-refractivity contribution in [3.63, 3.8) is 0 Å². The molecule has 0 radical (unpaired) electrons. The van der Waals surface area contributed by atoms with Gasteiger partial charge in [0, 0.05) is 12.0 Å². The molecule has 0 saturated heterocycles. The number of phenols is 1. The highest BCUT2D eigenvalue weighted by Gasteiger charge is 2.14. The third kappa shape index (κ3) is 7.18. The van der Waals surface area contributed by atoms with E-state index in [0.717, 1.165) is 86.8 Å². The molecule has 2 aromatic carbocycles. The van der Waals surface area contributed by atoms with E-state index in [4.69, 9.17) is 9.47 Å². The normalized spacial score (nSPS) is 11.0. The van der Waals surface area contributed by atoms with Crippen LogP contribution in [0.2, 0.25) is 0 Å². The fourth-order valence-corrected chi connectivity index (χ4v) is 4.31. The summed E-state index contributed by atoms with van der Waals surface area (Å²) < 4.78 is 12.4. The van der Waals surface area contributed by atoms with E-state index in [9.17, 15) is 5.11 Å². The lowest BCUT2D eigenvalue weighted by Crippen LogP contribution is -2.09. The number of ether oxygens (including phenoxy) is 2. The van der Waals surface area contributed by atoms with E-state index in [0.29, 0.717) is 19.0 Å². The number of hydrogen-bond acceptors (Lipinski definition) is 3. The number of aromatic hydroxyl groups is 1. The monoisotopic (exact) mass is 440 g/mol. The quantitative estimate of drug-likeness (QED) is 0.290. The molecule has 2 rings (SSSR count). The third-order valence-electron chi connectivity index (χ3n) is 5.88. The van der Waals surface area contributed by atoms with Crippen LogP contribution in [0.15, 0.2) is 24.3 Å². The Balaban J connectivity index is 2.03. The Kier molecular flexibility index (Phi) is 11.5. The van der Waals surface area contributed by atoms with Crippen LogP contribution < -0.4 is 9.47 Å². The van der Waals surface area contributed by atoms with Gasteiger partial charge in [-0.3, -0.25) is 0 Å². The van der Waals surface area contributed by atoms with Gasteiger partial charge in [-0.25, -0.2) is 0 Å². The first kappa shape index (κ1) is 26.1. The average molecular weight is 441 g/mol. The molecule has 0 heterocycles. The van der Waals surface area contributed by atoms with Crippen molar-refractivity contribution in [3.8, 4) is 17.2 Å². The van der Waals surface area contributed by atoms with E-state index >= 15 is 0 Å². The first-order chi connectivity index (χ1) is 15.6. The molecule has 2 aromatic rings. The van der Waals surface area contributed by atoms with E-state index in [-0.39, 0.29) is 0 Å². The molecule has 178 valence electrons. The van der Waals surface area contributed by atoms with Crippen LogP contribution in [0.5, 0.6) is 17.2 Å². The maximum Gasteiger partial charge on any atom is 0.126 e. The van der Waals surface area contributed by atoms with Gasteiger partial charge in [0.25, 0.3) is 0 Å². The zero-order valence-electron chi connectivity index (χ0n) is 21.1. The Morgan fingerprint density at radius 1 is 0.688 bits per heavy atom. The molecule has 0 aromatic heterocycles. The van der Waals surface area contributed by atoms with Crippen molar-refractivity contribution in [1.82, 2.24) is 0 Å². The SMILES string of the molecule is CCCc1ccc(OCCCOc2c(CCC)cc(CC)cc2CCC)c(CCC)c1O. The minimum atomic E-state index is 0.423. The zero-order valence-corrected chi connectivity index (χ0v) is 21.1. The van der Waals surface area contributed by atoms with Gasteiger partial charge in [0.15, 0.2) is 0 Å². The summed E-state index contributed by atoms with van der Waals surface area (Å²) in [7, 11) is 0. The number of hydrogen-bond donors (Lipinski definition) is 1. The van der Waals surface area contributed by atoms with Gasteiger partial charge < -0.3 is 14.6 Å². The summed E-state index contributed by atoms with van der Waals surface area (Å²) in [5.74, 6) is 2.33. The van der Waals surface area contributed by atoms with Crippen LogP contribution in [0.25, 0.3) is 0 Å². The van der Waals surface area contributed by atoms with Crippen LogP contribution in [-0.2, 0) is 32.1 Å². The molecule has 1 N–H and O–H groups in total. The second kappa shape index (κ2) is 14.1. The highest BCUT2D eigenvalue weighted by molar-refractivity contribution is 5.49. The maximum atomic E-state index is 10.7. The van der Waals surface area contributed by atoms with Crippen LogP contribution in [0.4, 0.5) is 0 Å². The van der Waals surface area contributed by atoms with Gasteiger partial charge in [0.2, 0.25) is 0 Å². The molecule has 0 aliphatic rings. The largest absolute Gasteiger partial charge is 0.507 e. The third-order valence-corrected chi connectivity index (χ3v) is 5.88. The number of phenolic OH excluding ortho intramolecular Hbond substituents is 1. The van der Waals surface area contributed by atoms with Crippen LogP contribution in [0, 0.1) is 0 Å². The molecular weight excluding hydrogens is 396 g/mol. The van der Waals surface area contributed by atoms with Crippen molar-refractivity contribution in [2.75, 3.05) is 13.2 Å². The second-order valence-corrected chi connectivity index (χ2v) is 8.70. The Morgan fingerprint density at radius 2 is 1.25 bits per heavy atom. The van der Waals surface area contributed by atoms with Crippen molar-refractivity contribution in [3.05, 3.63) is 52.1 Å². The van der Waals surface area contributed by atoms with Crippen LogP contribution >= 0.6 is 0 Å². The Labute approximate surface area is 196 Å². The van der Waals surface area contributed by atoms with Crippen molar-refractivity contribution < 1.29 is 14.6 Å². The smallest absolute Gasteiger partial charge is 0.126 e. The lowest BCUT2D eigenvalue weighted by molar-refractivity contribution is 0.242. The predicted molar refractivity (Wildman–Crippen MR) is 136 cm³/mol. The van der Waals surface area contributed by atoms with Gasteiger partial charge in [-0.05, 0) is 60.4 Å². The van der Waals surface area contributed by atoms with Crippen molar-refractivity contribution >= 4 is 0 Å². The lowest BCUT2D eigenvalue weighted by atomic mass is 9.97. The molecule has 0 saturated carbocycles. The second-order valence-electron chi connectivity index (χ2n) is 8.70. The number of rotatable bonds is 15. The molecule has 3 heteroatoms. The molecule has 0 unspecified atom stereocenters. The van der Waals surface area contributed by atoms with Crippen LogP contribution in [0.1, 0.15) is 94.5 Å². The molecule has 0 aliphatic carbocycles. The standard InChI is InChI=1S/C29H44O3/c1-6-12-23-16-17-27(26(15-9-4)28(23)30)31-18-11-19-32-29-24(13-7-2)20-22(10-5)21-25(29)14-8-3/h16-17,20-21,30H,6-15,18-19H2,1-5H3. The molecule has 0 aliphatic heterocycles. The molecule has 32 heavy (non-hydrogen) atoms. The number of benzene rings is 2. The van der Waals surface area contributed by atoms with Gasteiger partial charge in [0.1, 0.15) is 17.2 Å². The topological polar surface area (TPSA) is 38.7 Å². The fraction of sp³-hybridized carbons (Fsp3) is 0.586. The van der Waals surface area contributed by atoms with Gasteiger partial charge in [-0.1, -0.05) is 78.5 Å². The summed E-state index contributed by atoms with van der Waals surface area (Å²) in [6, 6.07) is 8.68. The molecular formula is C29H44O3. The Morgan fingerprint density at radius 3 is 1.81 bits per heavy atom. The summed E-state index contributed by atoms with van der Waals surface area (Å²) in [6.07, 6.45) is 9.97. The minimum Gasteiger partial charge on any atom is -0.507 e. The molecule has 0 spiro atoms. The highest BCUT2D eigenvalue weighted by atomic mass is 16.5. The zero-order chi connectivity index (χ0) is 23.3. The minimum absolute atomic E-state index is 0.423. The van der Waals surface area contributed by atoms with Gasteiger partial charge in [-0.15, -0.1) is 0 Å². The average Bonchev–Trinajstić information content (AvgIpc) is 2.79. The van der Waals surface area contributed by atoms with Crippen molar-refractivity contribution in [2.24, 2.45) is 0 Å². The summed E-state index contributed by atoms with van der Waals surface area (Å²) in [5.41, 5.74) is 6.07. The maximum absolute atomic E-state index is 10.7. The number of aryl methyl sites for hydroxylation is 4. The first-order valence-electron chi connectivity index (χ1n) is 12.8. The van der Waals surface area contributed by atoms with E-state index in [2.05, 4.69) is 46.8 Å². The lowest BCUT2D eigenvalue weighted by Gasteiger charge is -2.18. The molecule has 0 fully saturated rings.